The third-order valence-corrected chi connectivity index (χ3v) is 11.5. The molecule has 0 spiro atoms. The van der Waals surface area contributed by atoms with Crippen LogP contribution >= 0.6 is 0 Å². The molecule has 1 aromatic carbocycles. The number of rotatable bonds is 22. The van der Waals surface area contributed by atoms with E-state index in [1.54, 1.807) is 11.6 Å². The van der Waals surface area contributed by atoms with Gasteiger partial charge in [-0.3, -0.25) is 48.7 Å². The zero-order valence-electron chi connectivity index (χ0n) is 34.4. The number of Topliss-reactive ketones (excluding diaryl/α,β-unsaturated/α-hetero) is 1. The van der Waals surface area contributed by atoms with Crippen LogP contribution in [0.2, 0.25) is 0 Å². The number of nitrogens with zero attached hydrogens (tertiary/aromatic N) is 3. The lowest BCUT2D eigenvalue weighted by molar-refractivity contribution is -0.385. The number of ketones is 1. The fraction of sp³-hybridized carbons (Fsp3) is 0.564. The molecule has 20 nitrogen and oxygen atoms in total. The predicted octanol–water partition coefficient (Wildman–Crippen LogP) is 1.60. The molecule has 1 aliphatic carbocycles. The summed E-state index contributed by atoms with van der Waals surface area (Å²) in [6.45, 7) is 7.88. The van der Waals surface area contributed by atoms with E-state index in [4.69, 9.17) is 0 Å². The summed E-state index contributed by atoms with van der Waals surface area (Å²) in [4.78, 5) is 111. The highest BCUT2D eigenvalue weighted by Crippen LogP contribution is 2.28. The van der Waals surface area contributed by atoms with E-state index in [-0.39, 0.29) is 36.8 Å². The minimum atomic E-state index is -4.57. The standard InChI is InChI=1S/C39H55N9O11S/c1-6-24(5)33(46-36(52)29(18-23(3)4)44-37(53)31-21-40-16-17-41-31)38(54)45-30(19-25-12-9-8-10-13-25)35(51)43-28(7-2)34(50)39(55)42-22-32(49)47-60(58,59)27-15-11-14-26(20-27)48(56)57/h11,14-17,20-21,23-25,28-30,33H,6-10,12-13,18-19,22H2,1-5H3,(H,42,55)(H,43,51)(H,44,53)(H,45,54)(H,46,52)(H,47,49)/t24-,28-,29-,30-,33-/m0/s1. The maximum atomic E-state index is 14.1. The number of carbonyl (C=O) groups is 7. The van der Waals surface area contributed by atoms with Crippen LogP contribution in [0, 0.1) is 27.9 Å². The van der Waals surface area contributed by atoms with Crippen molar-refractivity contribution in [3.63, 3.8) is 0 Å². The van der Waals surface area contributed by atoms with Crippen molar-refractivity contribution >= 4 is 56.9 Å². The van der Waals surface area contributed by atoms with Crippen molar-refractivity contribution < 1.29 is 46.9 Å². The highest BCUT2D eigenvalue weighted by Gasteiger charge is 2.36. The summed E-state index contributed by atoms with van der Waals surface area (Å²) in [5.41, 5.74) is -0.530. The first kappa shape index (κ1) is 48.5. The Hall–Kier alpha value is -5.86. The number of carbonyl (C=O) groups excluding carboxylic acids is 7. The van der Waals surface area contributed by atoms with E-state index in [1.807, 2.05) is 26.1 Å². The molecule has 0 unspecified atom stereocenters. The summed E-state index contributed by atoms with van der Waals surface area (Å²) in [7, 11) is -4.57. The molecule has 1 aliphatic rings. The van der Waals surface area contributed by atoms with Crippen LogP contribution in [0.5, 0.6) is 0 Å². The number of amides is 6. The smallest absolute Gasteiger partial charge is 0.290 e. The Balaban J connectivity index is 1.73. The van der Waals surface area contributed by atoms with Crippen LogP contribution in [0.25, 0.3) is 0 Å². The number of aromatic nitrogens is 2. The Morgan fingerprint density at radius 1 is 0.850 bits per heavy atom. The molecule has 1 saturated carbocycles. The molecule has 328 valence electrons. The molecule has 0 saturated heterocycles. The number of nitrogens with one attached hydrogen (secondary N) is 6. The van der Waals surface area contributed by atoms with E-state index in [0.717, 1.165) is 56.4 Å². The predicted molar refractivity (Wildman–Crippen MR) is 216 cm³/mol. The van der Waals surface area contributed by atoms with Gasteiger partial charge in [0.2, 0.25) is 23.5 Å². The van der Waals surface area contributed by atoms with Gasteiger partial charge in [-0.05, 0) is 43.1 Å². The Labute approximate surface area is 348 Å². The number of hydrogen-bond acceptors (Lipinski definition) is 13. The van der Waals surface area contributed by atoms with Crippen LogP contribution in [-0.4, -0.2) is 95.2 Å². The lowest BCUT2D eigenvalue weighted by Gasteiger charge is -2.31. The fourth-order valence-electron chi connectivity index (χ4n) is 6.60. The number of nitro benzene ring substituents is 1. The van der Waals surface area contributed by atoms with Gasteiger partial charge in [0.05, 0.1) is 28.6 Å². The number of sulfonamides is 1. The molecule has 1 aromatic heterocycles. The molecule has 0 aliphatic heterocycles. The maximum absolute atomic E-state index is 14.1. The first-order valence-electron chi connectivity index (χ1n) is 20.0. The van der Waals surface area contributed by atoms with Crippen molar-refractivity contribution in [3.05, 3.63) is 58.7 Å². The molecule has 2 aromatic rings. The van der Waals surface area contributed by atoms with Gasteiger partial charge in [-0.25, -0.2) is 18.1 Å². The Kier molecular flexibility index (Phi) is 18.6. The summed E-state index contributed by atoms with van der Waals surface area (Å²) in [6, 6.07) is -0.811. The second-order valence-corrected chi connectivity index (χ2v) is 16.9. The molecule has 1 fully saturated rings. The minimum absolute atomic E-state index is 0.00426. The number of nitro groups is 1. The van der Waals surface area contributed by atoms with Crippen molar-refractivity contribution in [3.8, 4) is 0 Å². The minimum Gasteiger partial charge on any atom is -0.344 e. The van der Waals surface area contributed by atoms with E-state index in [2.05, 4.69) is 31.2 Å². The van der Waals surface area contributed by atoms with Gasteiger partial charge < -0.3 is 26.6 Å². The second-order valence-electron chi connectivity index (χ2n) is 15.2. The summed E-state index contributed by atoms with van der Waals surface area (Å²) in [5.74, 6) is -6.77. The first-order valence-corrected chi connectivity index (χ1v) is 21.4. The van der Waals surface area contributed by atoms with Gasteiger partial charge in [0.25, 0.3) is 33.4 Å². The zero-order valence-corrected chi connectivity index (χ0v) is 35.2. The van der Waals surface area contributed by atoms with Crippen molar-refractivity contribution in [2.24, 2.45) is 17.8 Å². The van der Waals surface area contributed by atoms with Crippen molar-refractivity contribution in [1.82, 2.24) is 41.3 Å². The fourth-order valence-corrected chi connectivity index (χ4v) is 7.62. The Bertz CT molecular complexity index is 1980. The van der Waals surface area contributed by atoms with E-state index in [9.17, 15) is 52.1 Å². The number of hydrogen-bond donors (Lipinski definition) is 6. The second kappa shape index (κ2) is 23.1. The van der Waals surface area contributed by atoms with Crippen LogP contribution in [0.15, 0.2) is 47.8 Å². The van der Waals surface area contributed by atoms with Crippen molar-refractivity contribution in [1.29, 1.82) is 0 Å². The molecule has 3 rings (SSSR count). The lowest BCUT2D eigenvalue weighted by Crippen LogP contribution is -2.60. The lowest BCUT2D eigenvalue weighted by atomic mass is 9.84. The van der Waals surface area contributed by atoms with Crippen LogP contribution in [0.4, 0.5) is 5.69 Å². The Morgan fingerprint density at radius 2 is 1.52 bits per heavy atom. The number of non-ortho nitro benzene ring substituents is 1. The SMILES string of the molecule is CC[C@H](NC(=O)[C@H](CC1CCCCC1)NC(=O)[C@@H](NC(=O)[C@H](CC(C)C)NC(=O)c1cnccn1)[C@@H](C)CC)C(=O)C(=O)NCC(=O)NS(=O)(=O)c1cccc([N+](=O)[O-])c1. The zero-order chi connectivity index (χ0) is 44.6. The van der Waals surface area contributed by atoms with Gasteiger partial charge in [-0.1, -0.05) is 79.2 Å². The molecular weight excluding hydrogens is 803 g/mol. The molecule has 5 atom stereocenters. The third kappa shape index (κ3) is 14.8. The van der Waals surface area contributed by atoms with Crippen molar-refractivity contribution in [2.75, 3.05) is 6.54 Å². The molecule has 0 bridgehead atoms. The molecule has 6 N–H and O–H groups in total. The average Bonchev–Trinajstić information content (AvgIpc) is 3.22. The highest BCUT2D eigenvalue weighted by molar-refractivity contribution is 7.90. The van der Waals surface area contributed by atoms with Crippen molar-refractivity contribution in [2.45, 2.75) is 121 Å². The molecule has 6 amide bonds. The van der Waals surface area contributed by atoms with Crippen LogP contribution in [0.3, 0.4) is 0 Å². The van der Waals surface area contributed by atoms with Gasteiger partial charge in [-0.2, -0.15) is 0 Å². The van der Waals surface area contributed by atoms with Gasteiger partial charge in [-0.15, -0.1) is 0 Å². The monoisotopic (exact) mass is 857 g/mol. The molecular formula is C39H55N9O11S. The normalized spacial score (nSPS) is 15.6. The topological polar surface area (TPSA) is 295 Å². The van der Waals surface area contributed by atoms with E-state index >= 15 is 0 Å². The highest BCUT2D eigenvalue weighted by atomic mass is 32.2. The molecule has 0 radical (unpaired) electrons. The van der Waals surface area contributed by atoms with E-state index in [0.29, 0.717) is 6.42 Å². The largest absolute Gasteiger partial charge is 0.344 e. The number of benzene rings is 1. The maximum Gasteiger partial charge on any atom is 0.290 e. The van der Waals surface area contributed by atoms with Crippen LogP contribution in [0.1, 0.15) is 103 Å². The van der Waals surface area contributed by atoms with Crippen LogP contribution < -0.4 is 31.3 Å². The van der Waals surface area contributed by atoms with E-state index < -0.39 is 103 Å². The third-order valence-electron chi connectivity index (χ3n) is 10.1. The summed E-state index contributed by atoms with van der Waals surface area (Å²) in [6.07, 6.45) is 9.30. The van der Waals surface area contributed by atoms with E-state index in [1.165, 1.54) is 25.5 Å². The summed E-state index contributed by atoms with van der Waals surface area (Å²) < 4.78 is 26.9. The summed E-state index contributed by atoms with van der Waals surface area (Å²) >= 11 is 0. The van der Waals surface area contributed by atoms with Gasteiger partial charge >= 0.3 is 0 Å². The average molecular weight is 858 g/mol. The first-order chi connectivity index (χ1) is 28.4. The van der Waals surface area contributed by atoms with Gasteiger partial charge in [0, 0.05) is 24.5 Å². The van der Waals surface area contributed by atoms with Gasteiger partial charge in [0.1, 0.15) is 23.8 Å². The molecule has 21 heteroatoms. The molecule has 1 heterocycles. The Morgan fingerprint density at radius 3 is 2.12 bits per heavy atom. The quantitative estimate of drug-likeness (QED) is 0.0558. The van der Waals surface area contributed by atoms with Crippen LogP contribution in [-0.2, 0) is 38.8 Å². The summed E-state index contributed by atoms with van der Waals surface area (Å²) in [5, 5.41) is 23.9. The molecule has 60 heavy (non-hydrogen) atoms. The van der Waals surface area contributed by atoms with Gasteiger partial charge in [0.15, 0.2) is 0 Å².